The van der Waals surface area contributed by atoms with E-state index in [4.69, 9.17) is 16.6 Å². The lowest BCUT2D eigenvalue weighted by Gasteiger charge is -2.14. The third kappa shape index (κ3) is 4.04. The predicted molar refractivity (Wildman–Crippen MR) is 125 cm³/mol. The maximum Gasteiger partial charge on any atom is 0.230 e. The van der Waals surface area contributed by atoms with E-state index < -0.39 is 0 Å². The highest BCUT2D eigenvalue weighted by Gasteiger charge is 2.17. The number of aromatic nitrogens is 4. The molecule has 3 aromatic heterocycles. The van der Waals surface area contributed by atoms with Crippen LogP contribution in [0.2, 0.25) is 5.15 Å². The lowest BCUT2D eigenvalue weighted by molar-refractivity contribution is 0.991. The normalized spacial score (nSPS) is 10.7. The van der Waals surface area contributed by atoms with Crippen LogP contribution in [0.5, 0.6) is 0 Å². The van der Waals surface area contributed by atoms with Crippen LogP contribution in [0.4, 0.5) is 11.6 Å². The van der Waals surface area contributed by atoms with Crippen molar-refractivity contribution >= 4 is 23.2 Å². The Morgan fingerprint density at radius 2 is 1.42 bits per heavy atom. The summed E-state index contributed by atoms with van der Waals surface area (Å²) in [6, 6.07) is 25.7. The molecule has 150 valence electrons. The van der Waals surface area contributed by atoms with Crippen molar-refractivity contribution in [2.24, 2.45) is 0 Å². The Hall–Kier alpha value is -3.96. The van der Waals surface area contributed by atoms with Crippen LogP contribution < -0.4 is 5.32 Å². The maximum absolute atomic E-state index is 6.70. The molecule has 0 saturated carbocycles. The van der Waals surface area contributed by atoms with Gasteiger partial charge in [0, 0.05) is 30.5 Å². The molecule has 0 bridgehead atoms. The van der Waals surface area contributed by atoms with E-state index in [-0.39, 0.29) is 0 Å². The molecule has 5 rings (SSSR count). The van der Waals surface area contributed by atoms with Crippen LogP contribution in [0.25, 0.3) is 28.1 Å². The molecule has 6 heteroatoms. The molecule has 5 aromatic rings. The van der Waals surface area contributed by atoms with E-state index in [2.05, 4.69) is 15.3 Å². The van der Waals surface area contributed by atoms with E-state index in [0.717, 1.165) is 27.9 Å². The summed E-state index contributed by atoms with van der Waals surface area (Å²) in [5.74, 6) is 1.13. The van der Waals surface area contributed by atoms with E-state index in [1.165, 1.54) is 0 Å². The average Bonchev–Trinajstić information content (AvgIpc) is 3.31. The first kappa shape index (κ1) is 19.0. The number of anilines is 2. The quantitative estimate of drug-likeness (QED) is 0.332. The van der Waals surface area contributed by atoms with Crippen molar-refractivity contribution in [2.75, 3.05) is 5.32 Å². The van der Waals surface area contributed by atoms with Gasteiger partial charge in [-0.25, -0.2) is 4.98 Å². The summed E-state index contributed by atoms with van der Waals surface area (Å²) in [6.45, 7) is 0. The molecular weight excluding hydrogens is 406 g/mol. The summed E-state index contributed by atoms with van der Waals surface area (Å²) in [7, 11) is 0. The number of nitrogens with zero attached hydrogens (tertiary/aromatic N) is 4. The molecule has 31 heavy (non-hydrogen) atoms. The lowest BCUT2D eigenvalue weighted by atomic mass is 10.1. The zero-order chi connectivity index (χ0) is 21.0. The van der Waals surface area contributed by atoms with Crippen molar-refractivity contribution in [1.82, 2.24) is 19.5 Å². The molecule has 0 radical (unpaired) electrons. The Morgan fingerprint density at radius 1 is 0.710 bits per heavy atom. The second kappa shape index (κ2) is 8.42. The zero-order valence-corrected chi connectivity index (χ0v) is 17.2. The molecule has 1 N–H and O–H groups in total. The van der Waals surface area contributed by atoms with E-state index in [0.29, 0.717) is 16.9 Å². The maximum atomic E-state index is 6.70. The van der Waals surface area contributed by atoms with Gasteiger partial charge in [-0.2, -0.15) is 4.98 Å². The fourth-order valence-electron chi connectivity index (χ4n) is 3.41. The first-order valence-electron chi connectivity index (χ1n) is 9.82. The summed E-state index contributed by atoms with van der Waals surface area (Å²) < 4.78 is 1.97. The van der Waals surface area contributed by atoms with Crippen molar-refractivity contribution < 1.29 is 0 Å². The van der Waals surface area contributed by atoms with Gasteiger partial charge in [0.15, 0.2) is 5.82 Å². The van der Waals surface area contributed by atoms with Gasteiger partial charge in [-0.05, 0) is 47.0 Å². The van der Waals surface area contributed by atoms with Gasteiger partial charge >= 0.3 is 0 Å². The van der Waals surface area contributed by atoms with Crippen molar-refractivity contribution in [2.45, 2.75) is 0 Å². The summed E-state index contributed by atoms with van der Waals surface area (Å²) >= 11 is 6.70. The highest BCUT2D eigenvalue weighted by Crippen LogP contribution is 2.34. The van der Waals surface area contributed by atoms with Crippen LogP contribution in [0, 0.1) is 0 Å². The van der Waals surface area contributed by atoms with Gasteiger partial charge in [-0.3, -0.25) is 4.98 Å². The Kier molecular flexibility index (Phi) is 5.17. The first-order valence-corrected chi connectivity index (χ1v) is 10.2. The standard InChI is InChI=1S/C25H18ClN5/c26-23-22(19-7-3-1-4-8-19)24(30-25(29-23)28-21-9-5-2-6-10-21)31-16-13-20(17-31)18-11-14-27-15-12-18/h1-17H,(H,28,29,30). The lowest BCUT2D eigenvalue weighted by Crippen LogP contribution is -2.05. The van der Waals surface area contributed by atoms with Gasteiger partial charge in [-0.15, -0.1) is 0 Å². The van der Waals surface area contributed by atoms with E-state index >= 15 is 0 Å². The predicted octanol–water partition coefficient (Wildman–Crippen LogP) is 6.39. The Balaban J connectivity index is 1.64. The summed E-state index contributed by atoms with van der Waals surface area (Å²) in [5.41, 5.74) is 4.76. The van der Waals surface area contributed by atoms with E-state index in [1.807, 2.05) is 95.8 Å². The van der Waals surface area contributed by atoms with Crippen LogP contribution >= 0.6 is 11.6 Å². The third-order valence-electron chi connectivity index (χ3n) is 4.89. The van der Waals surface area contributed by atoms with Crippen LogP contribution in [0.1, 0.15) is 0 Å². The SMILES string of the molecule is Clc1nc(Nc2ccccc2)nc(-n2ccc(-c3ccncc3)c2)c1-c1ccccc1. The molecule has 0 aliphatic rings. The number of hydrogen-bond acceptors (Lipinski definition) is 4. The smallest absolute Gasteiger partial charge is 0.230 e. The second-order valence-electron chi connectivity index (χ2n) is 6.94. The summed E-state index contributed by atoms with van der Waals surface area (Å²) in [6.07, 6.45) is 7.58. The molecule has 0 fully saturated rings. The number of pyridine rings is 1. The van der Waals surface area contributed by atoms with Gasteiger partial charge < -0.3 is 9.88 Å². The summed E-state index contributed by atoms with van der Waals surface area (Å²) in [4.78, 5) is 13.4. The zero-order valence-electron chi connectivity index (χ0n) is 16.5. The van der Waals surface area contributed by atoms with Crippen LogP contribution in [-0.4, -0.2) is 19.5 Å². The second-order valence-corrected chi connectivity index (χ2v) is 7.30. The number of para-hydroxylation sites is 1. The van der Waals surface area contributed by atoms with Gasteiger partial charge in [0.05, 0.1) is 5.56 Å². The largest absolute Gasteiger partial charge is 0.324 e. The molecule has 0 amide bonds. The van der Waals surface area contributed by atoms with Gasteiger partial charge in [0.25, 0.3) is 0 Å². The fraction of sp³-hybridized carbons (Fsp3) is 0. The topological polar surface area (TPSA) is 55.6 Å². The minimum Gasteiger partial charge on any atom is -0.324 e. The molecule has 0 spiro atoms. The monoisotopic (exact) mass is 423 g/mol. The van der Waals surface area contributed by atoms with Gasteiger partial charge in [0.2, 0.25) is 5.95 Å². The van der Waals surface area contributed by atoms with Crippen LogP contribution in [0.3, 0.4) is 0 Å². The first-order chi connectivity index (χ1) is 15.3. The highest BCUT2D eigenvalue weighted by atomic mass is 35.5. The van der Waals surface area contributed by atoms with Crippen LogP contribution in [0.15, 0.2) is 104 Å². The van der Waals surface area contributed by atoms with E-state index in [9.17, 15) is 0 Å². The minimum absolute atomic E-state index is 0.383. The van der Waals surface area contributed by atoms with E-state index in [1.54, 1.807) is 12.4 Å². The van der Waals surface area contributed by atoms with Crippen molar-refractivity contribution in [3.05, 3.63) is 109 Å². The molecule has 0 aliphatic heterocycles. The van der Waals surface area contributed by atoms with Gasteiger partial charge in [0.1, 0.15) is 5.15 Å². The van der Waals surface area contributed by atoms with Crippen molar-refractivity contribution in [3.8, 4) is 28.1 Å². The minimum atomic E-state index is 0.383. The molecule has 0 unspecified atom stereocenters. The van der Waals surface area contributed by atoms with Gasteiger partial charge in [-0.1, -0.05) is 60.1 Å². The molecule has 0 saturated heterocycles. The molecule has 3 heterocycles. The Labute approximate surface area is 185 Å². The Bertz CT molecular complexity index is 1300. The summed E-state index contributed by atoms with van der Waals surface area (Å²) in [5, 5.41) is 3.63. The highest BCUT2D eigenvalue weighted by molar-refractivity contribution is 6.32. The molecule has 2 aromatic carbocycles. The number of halogens is 1. The number of nitrogens with one attached hydrogen (secondary N) is 1. The Morgan fingerprint density at radius 3 is 2.16 bits per heavy atom. The number of benzene rings is 2. The van der Waals surface area contributed by atoms with Crippen molar-refractivity contribution in [3.63, 3.8) is 0 Å². The molecule has 0 aliphatic carbocycles. The fourth-order valence-corrected chi connectivity index (χ4v) is 3.69. The number of rotatable bonds is 5. The third-order valence-corrected chi connectivity index (χ3v) is 5.16. The number of hydrogen-bond donors (Lipinski definition) is 1. The molecule has 5 nitrogen and oxygen atoms in total. The molecular formula is C25H18ClN5. The van der Waals surface area contributed by atoms with Crippen LogP contribution in [-0.2, 0) is 0 Å². The molecule has 0 atom stereocenters. The average molecular weight is 424 g/mol. The van der Waals surface area contributed by atoms with Crippen molar-refractivity contribution in [1.29, 1.82) is 0 Å².